The maximum Gasteiger partial charge on any atom is 0.417 e. The lowest BCUT2D eigenvalue weighted by Crippen LogP contribution is -2.15. The van der Waals surface area contributed by atoms with Gasteiger partial charge in [0.25, 0.3) is 6.43 Å². The first kappa shape index (κ1) is 14.1. The van der Waals surface area contributed by atoms with Gasteiger partial charge in [-0.2, -0.15) is 13.2 Å². The molecule has 1 heterocycles. The highest BCUT2D eigenvalue weighted by molar-refractivity contribution is 5.86. The molecule has 1 aromatic rings. The molecule has 0 atom stereocenters. The summed E-state index contributed by atoms with van der Waals surface area (Å²) in [7, 11) is 0.819. The summed E-state index contributed by atoms with van der Waals surface area (Å²) in [5.41, 5.74) is -4.28. The highest BCUT2D eigenvalue weighted by Crippen LogP contribution is 2.40. The highest BCUT2D eigenvalue weighted by atomic mass is 19.4. The van der Waals surface area contributed by atoms with Crippen molar-refractivity contribution < 1.29 is 36.6 Å². The molecule has 0 aliphatic rings. The molecule has 4 nitrogen and oxygen atoms in total. The summed E-state index contributed by atoms with van der Waals surface area (Å²) in [6.07, 6.45) is -8.63. The first-order valence-corrected chi connectivity index (χ1v) is 4.36. The predicted octanol–water partition coefficient (Wildman–Crippen LogP) is 2.74. The van der Waals surface area contributed by atoms with E-state index in [1.165, 1.54) is 0 Å². The summed E-state index contributed by atoms with van der Waals surface area (Å²) in [6.45, 7) is 0. The van der Waals surface area contributed by atoms with Gasteiger partial charge in [-0.3, -0.25) is 0 Å². The molecule has 18 heavy (non-hydrogen) atoms. The van der Waals surface area contributed by atoms with Crippen LogP contribution in [-0.2, 0) is 6.18 Å². The molecule has 1 rings (SSSR count). The molecular weight excluding hydrogens is 265 g/mol. The van der Waals surface area contributed by atoms with Crippen LogP contribution < -0.4 is 4.74 Å². The van der Waals surface area contributed by atoms with E-state index in [9.17, 15) is 26.7 Å². The monoisotopic (exact) mass is 271 g/mol. The summed E-state index contributed by atoms with van der Waals surface area (Å²) < 4.78 is 67.1. The topological polar surface area (TPSA) is 59.4 Å². The highest BCUT2D eigenvalue weighted by Gasteiger charge is 2.39. The number of pyridine rings is 1. The van der Waals surface area contributed by atoms with E-state index in [1.54, 1.807) is 0 Å². The molecule has 0 aliphatic carbocycles. The van der Waals surface area contributed by atoms with Crippen LogP contribution in [-0.4, -0.2) is 23.2 Å². The van der Waals surface area contributed by atoms with Gasteiger partial charge >= 0.3 is 12.1 Å². The maximum atomic E-state index is 12.6. The number of halogens is 5. The number of carboxylic acid groups (broad SMARTS) is 1. The lowest BCUT2D eigenvalue weighted by Gasteiger charge is -2.15. The van der Waals surface area contributed by atoms with E-state index >= 15 is 0 Å². The fraction of sp³-hybridized carbons (Fsp3) is 0.333. The third-order valence-corrected chi connectivity index (χ3v) is 1.96. The minimum absolute atomic E-state index is 0.0480. The van der Waals surface area contributed by atoms with Crippen molar-refractivity contribution in [2.45, 2.75) is 12.6 Å². The second-order valence-corrected chi connectivity index (χ2v) is 3.08. The normalized spacial score (nSPS) is 11.7. The second kappa shape index (κ2) is 4.75. The SMILES string of the molecule is COc1nc(C(=O)O)cc(C(F)(F)F)c1C(F)F. The Hall–Kier alpha value is -1.93. The van der Waals surface area contributed by atoms with Crippen LogP contribution in [0, 0.1) is 0 Å². The van der Waals surface area contributed by atoms with Gasteiger partial charge in [0.15, 0.2) is 5.69 Å². The van der Waals surface area contributed by atoms with Gasteiger partial charge in [-0.25, -0.2) is 18.6 Å². The Balaban J connectivity index is 3.62. The molecule has 0 radical (unpaired) electrons. The van der Waals surface area contributed by atoms with Crippen LogP contribution in [0.3, 0.4) is 0 Å². The van der Waals surface area contributed by atoms with Crippen molar-refractivity contribution in [2.75, 3.05) is 7.11 Å². The first-order valence-electron chi connectivity index (χ1n) is 4.36. The van der Waals surface area contributed by atoms with E-state index in [-0.39, 0.29) is 6.07 Å². The number of hydrogen-bond donors (Lipinski definition) is 1. The zero-order valence-electron chi connectivity index (χ0n) is 8.76. The summed E-state index contributed by atoms with van der Waals surface area (Å²) in [4.78, 5) is 13.6. The van der Waals surface area contributed by atoms with Crippen molar-refractivity contribution in [2.24, 2.45) is 0 Å². The number of nitrogens with zero attached hydrogens (tertiary/aromatic N) is 1. The third-order valence-electron chi connectivity index (χ3n) is 1.96. The molecule has 1 N–H and O–H groups in total. The van der Waals surface area contributed by atoms with Gasteiger partial charge in [0, 0.05) is 0 Å². The zero-order valence-corrected chi connectivity index (χ0v) is 8.76. The van der Waals surface area contributed by atoms with Crippen molar-refractivity contribution in [1.29, 1.82) is 0 Å². The van der Waals surface area contributed by atoms with Crippen LogP contribution in [0.15, 0.2) is 6.07 Å². The molecule has 0 aromatic carbocycles. The van der Waals surface area contributed by atoms with Crippen molar-refractivity contribution in [1.82, 2.24) is 4.98 Å². The number of rotatable bonds is 3. The minimum Gasteiger partial charge on any atom is -0.481 e. The zero-order chi connectivity index (χ0) is 14.1. The molecule has 0 bridgehead atoms. The molecule has 1 aromatic heterocycles. The fourth-order valence-electron chi connectivity index (χ4n) is 1.24. The Morgan fingerprint density at radius 2 is 2.00 bits per heavy atom. The van der Waals surface area contributed by atoms with Gasteiger partial charge in [0.05, 0.1) is 18.2 Å². The largest absolute Gasteiger partial charge is 0.481 e. The number of methoxy groups -OCH3 is 1. The predicted molar refractivity (Wildman–Crippen MR) is 47.7 cm³/mol. The second-order valence-electron chi connectivity index (χ2n) is 3.08. The van der Waals surface area contributed by atoms with E-state index < -0.39 is 41.3 Å². The number of carboxylic acids is 1. The van der Waals surface area contributed by atoms with Gasteiger partial charge < -0.3 is 9.84 Å². The molecule has 9 heteroatoms. The Morgan fingerprint density at radius 3 is 2.33 bits per heavy atom. The Kier molecular flexibility index (Phi) is 3.73. The third kappa shape index (κ3) is 2.66. The molecular formula is C9H6F5NO3. The van der Waals surface area contributed by atoms with Crippen molar-refractivity contribution in [3.05, 3.63) is 22.9 Å². The molecule has 0 saturated heterocycles. The van der Waals surface area contributed by atoms with Crippen LogP contribution in [0.25, 0.3) is 0 Å². The molecule has 0 saturated carbocycles. The van der Waals surface area contributed by atoms with Crippen molar-refractivity contribution in [3.63, 3.8) is 0 Å². The van der Waals surface area contributed by atoms with Gasteiger partial charge in [-0.15, -0.1) is 0 Å². The van der Waals surface area contributed by atoms with Gasteiger partial charge in [0.1, 0.15) is 0 Å². The van der Waals surface area contributed by atoms with E-state index in [4.69, 9.17) is 5.11 Å². The molecule has 0 amide bonds. The van der Waals surface area contributed by atoms with E-state index in [2.05, 4.69) is 9.72 Å². The number of aromatic carboxylic acids is 1. The number of hydrogen-bond acceptors (Lipinski definition) is 3. The van der Waals surface area contributed by atoms with Crippen LogP contribution in [0.1, 0.15) is 28.0 Å². The summed E-state index contributed by atoms with van der Waals surface area (Å²) in [6, 6.07) is 0.0480. The first-order chi connectivity index (χ1) is 8.18. The van der Waals surface area contributed by atoms with Crippen LogP contribution in [0.2, 0.25) is 0 Å². The molecule has 0 spiro atoms. The quantitative estimate of drug-likeness (QED) is 0.859. The molecule has 0 fully saturated rings. The smallest absolute Gasteiger partial charge is 0.417 e. The summed E-state index contributed by atoms with van der Waals surface area (Å²) in [5, 5.41) is 8.55. The number of carbonyl (C=O) groups is 1. The number of aromatic nitrogens is 1. The fourth-order valence-corrected chi connectivity index (χ4v) is 1.24. The van der Waals surface area contributed by atoms with Crippen molar-refractivity contribution >= 4 is 5.97 Å². The minimum atomic E-state index is -5.13. The van der Waals surface area contributed by atoms with Crippen molar-refractivity contribution in [3.8, 4) is 5.88 Å². The Bertz CT molecular complexity index is 472. The van der Waals surface area contributed by atoms with E-state index in [0.717, 1.165) is 7.11 Å². The lowest BCUT2D eigenvalue weighted by molar-refractivity contribution is -0.139. The molecule has 100 valence electrons. The number of alkyl halides is 5. The van der Waals surface area contributed by atoms with Gasteiger partial charge in [-0.1, -0.05) is 0 Å². The van der Waals surface area contributed by atoms with E-state index in [1.807, 2.05) is 0 Å². The van der Waals surface area contributed by atoms with Gasteiger partial charge in [-0.05, 0) is 6.07 Å². The molecule has 0 unspecified atom stereocenters. The maximum absolute atomic E-state index is 12.6. The lowest BCUT2D eigenvalue weighted by atomic mass is 10.1. The average molecular weight is 271 g/mol. The van der Waals surface area contributed by atoms with Crippen LogP contribution in [0.5, 0.6) is 5.88 Å². The van der Waals surface area contributed by atoms with Gasteiger partial charge in [0.2, 0.25) is 5.88 Å². The summed E-state index contributed by atoms with van der Waals surface area (Å²) >= 11 is 0. The standard InChI is InChI=1S/C9H6F5NO3/c1-18-7-5(6(10)11)3(9(12,13)14)2-4(15-7)8(16)17/h2,6H,1H3,(H,16,17). The Labute approximate surface area is 97.0 Å². The van der Waals surface area contributed by atoms with Crippen LogP contribution in [0.4, 0.5) is 22.0 Å². The average Bonchev–Trinajstić information content (AvgIpc) is 2.25. The van der Waals surface area contributed by atoms with E-state index in [0.29, 0.717) is 0 Å². The van der Waals surface area contributed by atoms with Crippen LogP contribution >= 0.6 is 0 Å². The molecule has 0 aliphatic heterocycles. The summed E-state index contributed by atoms with van der Waals surface area (Å²) in [5.74, 6) is -2.84. The Morgan fingerprint density at radius 1 is 1.44 bits per heavy atom. The number of ether oxygens (including phenoxy) is 1.